The van der Waals surface area contributed by atoms with Crippen molar-refractivity contribution in [3.05, 3.63) is 5.89 Å². The second-order valence-corrected chi connectivity index (χ2v) is 5.90. The van der Waals surface area contributed by atoms with Crippen molar-refractivity contribution in [1.82, 2.24) is 15.5 Å². The number of rotatable bonds is 4. The lowest BCUT2D eigenvalue weighted by Gasteiger charge is -2.25. The van der Waals surface area contributed by atoms with E-state index in [1.54, 1.807) is 0 Å². The first-order valence-corrected chi connectivity index (χ1v) is 7.64. The van der Waals surface area contributed by atoms with Crippen LogP contribution in [0.1, 0.15) is 51.3 Å². The zero-order valence-corrected chi connectivity index (χ0v) is 11.8. The maximum absolute atomic E-state index is 5.61. The molecule has 5 heteroatoms. The summed E-state index contributed by atoms with van der Waals surface area (Å²) in [5.41, 5.74) is 0.0792. The fourth-order valence-corrected chi connectivity index (χ4v) is 3.38. The Hall–Kier alpha value is -1.10. The largest absolute Gasteiger partial charge is 0.338 e. The third-order valence-corrected chi connectivity index (χ3v) is 4.48. The molecule has 2 fully saturated rings. The molecule has 5 nitrogen and oxygen atoms in total. The van der Waals surface area contributed by atoms with Gasteiger partial charge in [-0.1, -0.05) is 13.3 Å². The van der Waals surface area contributed by atoms with Crippen LogP contribution < -0.4 is 10.2 Å². The number of nitrogens with zero attached hydrogens (tertiary/aromatic N) is 3. The van der Waals surface area contributed by atoms with E-state index in [0.717, 1.165) is 57.3 Å². The molecule has 2 aliphatic rings. The molecule has 1 aromatic heterocycles. The van der Waals surface area contributed by atoms with Crippen LogP contribution in [0.25, 0.3) is 0 Å². The Morgan fingerprint density at radius 1 is 1.32 bits per heavy atom. The van der Waals surface area contributed by atoms with E-state index in [1.807, 2.05) is 0 Å². The minimum Gasteiger partial charge on any atom is -0.338 e. The van der Waals surface area contributed by atoms with E-state index in [9.17, 15) is 0 Å². The molecule has 1 N–H and O–H groups in total. The minimum absolute atomic E-state index is 0.0792. The lowest BCUT2D eigenvalue weighted by Crippen LogP contribution is -2.31. The Morgan fingerprint density at radius 2 is 2.16 bits per heavy atom. The molecular weight excluding hydrogens is 240 g/mol. The quantitative estimate of drug-likeness (QED) is 0.902. The van der Waals surface area contributed by atoms with Crippen LogP contribution in [0.3, 0.4) is 0 Å². The van der Waals surface area contributed by atoms with Gasteiger partial charge in [-0.2, -0.15) is 4.98 Å². The van der Waals surface area contributed by atoms with Crippen LogP contribution in [0.5, 0.6) is 0 Å². The second kappa shape index (κ2) is 5.49. The third-order valence-electron chi connectivity index (χ3n) is 4.48. The van der Waals surface area contributed by atoms with Gasteiger partial charge >= 0.3 is 0 Å². The first kappa shape index (κ1) is 12.9. The monoisotopic (exact) mass is 264 g/mol. The number of anilines is 1. The Bertz CT molecular complexity index is 405. The van der Waals surface area contributed by atoms with Crippen molar-refractivity contribution in [3.8, 4) is 0 Å². The molecule has 1 atom stereocenters. The molecule has 0 amide bonds. The van der Waals surface area contributed by atoms with Crippen molar-refractivity contribution in [3.63, 3.8) is 0 Å². The topological polar surface area (TPSA) is 54.2 Å². The predicted molar refractivity (Wildman–Crippen MR) is 74.4 cm³/mol. The first-order valence-electron chi connectivity index (χ1n) is 7.64. The molecule has 106 valence electrons. The Labute approximate surface area is 114 Å². The van der Waals surface area contributed by atoms with Gasteiger partial charge in [0, 0.05) is 19.6 Å². The first-order chi connectivity index (χ1) is 9.34. The molecule has 0 radical (unpaired) electrons. The Morgan fingerprint density at radius 3 is 2.84 bits per heavy atom. The van der Waals surface area contributed by atoms with Crippen molar-refractivity contribution < 1.29 is 4.52 Å². The average molecular weight is 264 g/mol. The van der Waals surface area contributed by atoms with Crippen LogP contribution in [0.2, 0.25) is 0 Å². The van der Waals surface area contributed by atoms with Gasteiger partial charge < -0.3 is 14.7 Å². The molecule has 0 aliphatic carbocycles. The Balaban J connectivity index is 1.79. The van der Waals surface area contributed by atoms with Gasteiger partial charge in [-0.3, -0.25) is 0 Å². The smallest absolute Gasteiger partial charge is 0.266 e. The van der Waals surface area contributed by atoms with Gasteiger partial charge in [0.1, 0.15) is 0 Å². The van der Waals surface area contributed by atoms with Crippen LogP contribution >= 0.6 is 0 Å². The van der Waals surface area contributed by atoms with Gasteiger partial charge in [0.2, 0.25) is 5.89 Å². The summed E-state index contributed by atoms with van der Waals surface area (Å²) >= 11 is 0. The summed E-state index contributed by atoms with van der Waals surface area (Å²) in [4.78, 5) is 6.98. The van der Waals surface area contributed by atoms with E-state index >= 15 is 0 Å². The second-order valence-electron chi connectivity index (χ2n) is 5.90. The summed E-state index contributed by atoms with van der Waals surface area (Å²) in [6.45, 7) is 6.39. The molecule has 3 rings (SSSR count). The van der Waals surface area contributed by atoms with Gasteiger partial charge in [0.15, 0.2) is 0 Å². The van der Waals surface area contributed by atoms with Crippen molar-refractivity contribution in [2.45, 2.75) is 50.9 Å². The standard InChI is InChI=1S/C14H24N4O/c1-2-6-14(7-8-15-11-14)12-16-13(17-19-12)18-9-4-3-5-10-18/h15H,2-11H2,1H3. The SMILES string of the molecule is CCCC1(c2nc(N3CCCCC3)no2)CCNC1. The van der Waals surface area contributed by atoms with E-state index in [0.29, 0.717) is 0 Å². The molecule has 1 aromatic rings. The maximum Gasteiger partial charge on any atom is 0.266 e. The average Bonchev–Trinajstić information content (AvgIpc) is 3.09. The number of hydrogen-bond donors (Lipinski definition) is 1. The fourth-order valence-electron chi connectivity index (χ4n) is 3.38. The molecule has 0 aromatic carbocycles. The van der Waals surface area contributed by atoms with Crippen LogP contribution in [0, 0.1) is 0 Å². The van der Waals surface area contributed by atoms with E-state index < -0.39 is 0 Å². The highest BCUT2D eigenvalue weighted by Gasteiger charge is 2.40. The van der Waals surface area contributed by atoms with Gasteiger partial charge in [0.05, 0.1) is 5.41 Å². The molecule has 19 heavy (non-hydrogen) atoms. The minimum atomic E-state index is 0.0792. The van der Waals surface area contributed by atoms with Crippen molar-refractivity contribution in [2.75, 3.05) is 31.1 Å². The zero-order chi connectivity index (χ0) is 13.1. The molecular formula is C14H24N4O. The molecule has 1 unspecified atom stereocenters. The number of aromatic nitrogens is 2. The van der Waals surface area contributed by atoms with E-state index in [1.165, 1.54) is 19.3 Å². The molecule has 2 aliphatic heterocycles. The van der Waals surface area contributed by atoms with Crippen LogP contribution in [-0.2, 0) is 5.41 Å². The summed E-state index contributed by atoms with van der Waals surface area (Å²) in [7, 11) is 0. The summed E-state index contributed by atoms with van der Waals surface area (Å²) in [6.07, 6.45) is 7.20. The van der Waals surface area contributed by atoms with Gasteiger partial charge in [-0.25, -0.2) is 0 Å². The summed E-state index contributed by atoms with van der Waals surface area (Å²) < 4.78 is 5.61. The lowest BCUT2D eigenvalue weighted by molar-refractivity contribution is 0.276. The van der Waals surface area contributed by atoms with Gasteiger partial charge in [0.25, 0.3) is 5.95 Å². The molecule has 0 bridgehead atoms. The van der Waals surface area contributed by atoms with Crippen LogP contribution in [-0.4, -0.2) is 36.3 Å². The fraction of sp³-hybridized carbons (Fsp3) is 0.857. The van der Waals surface area contributed by atoms with E-state index in [4.69, 9.17) is 9.51 Å². The summed E-state index contributed by atoms with van der Waals surface area (Å²) in [5.74, 6) is 1.65. The normalized spacial score (nSPS) is 27.9. The highest BCUT2D eigenvalue weighted by molar-refractivity contribution is 5.29. The highest BCUT2D eigenvalue weighted by Crippen LogP contribution is 2.35. The highest BCUT2D eigenvalue weighted by atomic mass is 16.5. The Kier molecular flexibility index (Phi) is 3.73. The van der Waals surface area contributed by atoms with Crippen LogP contribution in [0.15, 0.2) is 4.52 Å². The maximum atomic E-state index is 5.61. The zero-order valence-electron chi connectivity index (χ0n) is 11.8. The lowest BCUT2D eigenvalue weighted by atomic mass is 9.82. The molecule has 2 saturated heterocycles. The van der Waals surface area contributed by atoms with Crippen LogP contribution in [0.4, 0.5) is 5.95 Å². The van der Waals surface area contributed by atoms with E-state index in [-0.39, 0.29) is 5.41 Å². The molecule has 3 heterocycles. The predicted octanol–water partition coefficient (Wildman–Crippen LogP) is 2.09. The third kappa shape index (κ3) is 2.48. The van der Waals surface area contributed by atoms with Gasteiger partial charge in [-0.15, -0.1) is 0 Å². The van der Waals surface area contributed by atoms with Crippen molar-refractivity contribution in [2.24, 2.45) is 0 Å². The summed E-state index contributed by atoms with van der Waals surface area (Å²) in [6, 6.07) is 0. The summed E-state index contributed by atoms with van der Waals surface area (Å²) in [5, 5.41) is 7.67. The molecule has 0 saturated carbocycles. The molecule has 0 spiro atoms. The number of piperidine rings is 1. The van der Waals surface area contributed by atoms with Gasteiger partial charge in [-0.05, 0) is 43.8 Å². The van der Waals surface area contributed by atoms with Crippen molar-refractivity contribution in [1.29, 1.82) is 0 Å². The van der Waals surface area contributed by atoms with E-state index in [2.05, 4.69) is 22.3 Å². The number of nitrogens with one attached hydrogen (secondary N) is 1. The number of hydrogen-bond acceptors (Lipinski definition) is 5. The van der Waals surface area contributed by atoms with Crippen molar-refractivity contribution >= 4 is 5.95 Å².